The van der Waals surface area contributed by atoms with Gasteiger partial charge in [-0.2, -0.15) is 0 Å². The third kappa shape index (κ3) is 4.06. The normalized spacial score (nSPS) is 19.6. The highest BCUT2D eigenvalue weighted by atomic mass is 32.2. The number of carbonyl (C=O) groups is 1. The first kappa shape index (κ1) is 19.4. The average Bonchev–Trinajstić information content (AvgIpc) is 3.37. The maximum atomic E-state index is 12.8. The van der Waals surface area contributed by atoms with Gasteiger partial charge in [-0.15, -0.1) is 11.3 Å². The number of thioether (sulfide) groups is 1. The summed E-state index contributed by atoms with van der Waals surface area (Å²) in [6.07, 6.45) is 2.29. The van der Waals surface area contributed by atoms with Crippen LogP contribution in [0.5, 0.6) is 0 Å². The van der Waals surface area contributed by atoms with Gasteiger partial charge >= 0.3 is 0 Å². The zero-order valence-electron chi connectivity index (χ0n) is 16.0. The molecule has 2 atom stereocenters. The number of nitrogens with zero attached hydrogens (tertiary/aromatic N) is 4. The molecule has 0 unspecified atom stereocenters. The van der Waals surface area contributed by atoms with Gasteiger partial charge in [-0.25, -0.2) is 9.97 Å². The number of aryl methyl sites for hydroxylation is 2. The molecule has 0 N–H and O–H groups in total. The van der Waals surface area contributed by atoms with Crippen LogP contribution in [0.3, 0.4) is 0 Å². The van der Waals surface area contributed by atoms with E-state index in [1.165, 1.54) is 16.6 Å². The van der Waals surface area contributed by atoms with Crippen LogP contribution in [0.25, 0.3) is 10.2 Å². The number of likely N-dealkylation sites (tertiary alicyclic amines) is 1. The molecule has 1 aliphatic heterocycles. The molecule has 0 saturated carbocycles. The molecule has 1 saturated heterocycles. The fourth-order valence-corrected chi connectivity index (χ4v) is 5.36. The molecule has 1 amide bonds. The lowest BCUT2D eigenvalue weighted by Crippen LogP contribution is -2.31. The number of thiophene rings is 1. The lowest BCUT2D eigenvalue weighted by molar-refractivity contribution is -0.127. The van der Waals surface area contributed by atoms with Gasteiger partial charge in [0.2, 0.25) is 5.91 Å². The minimum Gasteiger partial charge on any atom is -0.379 e. The van der Waals surface area contributed by atoms with E-state index in [4.69, 9.17) is 9.26 Å². The van der Waals surface area contributed by atoms with Crippen LogP contribution in [0.4, 0.5) is 0 Å². The van der Waals surface area contributed by atoms with E-state index in [0.29, 0.717) is 18.8 Å². The van der Waals surface area contributed by atoms with Crippen LogP contribution < -0.4 is 0 Å². The lowest BCUT2D eigenvalue weighted by atomic mass is 10.0. The predicted molar refractivity (Wildman–Crippen MR) is 109 cm³/mol. The van der Waals surface area contributed by atoms with Crippen LogP contribution in [-0.2, 0) is 16.0 Å². The van der Waals surface area contributed by atoms with E-state index in [0.717, 1.165) is 33.1 Å². The van der Waals surface area contributed by atoms with E-state index in [9.17, 15) is 4.79 Å². The van der Waals surface area contributed by atoms with Crippen molar-refractivity contribution in [2.75, 3.05) is 26.0 Å². The van der Waals surface area contributed by atoms with E-state index >= 15 is 0 Å². The summed E-state index contributed by atoms with van der Waals surface area (Å²) in [4.78, 5) is 25.5. The van der Waals surface area contributed by atoms with Crippen molar-refractivity contribution < 1.29 is 14.1 Å². The van der Waals surface area contributed by atoms with Gasteiger partial charge in [0.05, 0.1) is 17.6 Å². The van der Waals surface area contributed by atoms with Gasteiger partial charge in [-0.05, 0) is 19.9 Å². The number of methoxy groups -OCH3 is 1. The van der Waals surface area contributed by atoms with Gasteiger partial charge in [0.1, 0.15) is 21.9 Å². The topological polar surface area (TPSA) is 81.4 Å². The van der Waals surface area contributed by atoms with Gasteiger partial charge in [0, 0.05) is 48.9 Å². The summed E-state index contributed by atoms with van der Waals surface area (Å²) in [6.45, 7) is 5.22. The fraction of sp³-hybridized carbons (Fsp3) is 0.474. The molecule has 0 spiro atoms. The molecule has 0 aromatic carbocycles. The second-order valence-corrected chi connectivity index (χ2v) is 9.21. The first-order valence-electron chi connectivity index (χ1n) is 9.10. The average molecular weight is 419 g/mol. The zero-order valence-corrected chi connectivity index (χ0v) is 17.7. The summed E-state index contributed by atoms with van der Waals surface area (Å²) in [6, 6.07) is 4.02. The second kappa shape index (κ2) is 8.18. The van der Waals surface area contributed by atoms with Gasteiger partial charge in [0.15, 0.2) is 0 Å². The van der Waals surface area contributed by atoms with Crippen LogP contribution in [0.1, 0.15) is 16.3 Å². The Morgan fingerprint density at radius 2 is 2.21 bits per heavy atom. The summed E-state index contributed by atoms with van der Waals surface area (Å²) in [5.41, 5.74) is 0.867. The van der Waals surface area contributed by atoms with Gasteiger partial charge in [-0.1, -0.05) is 16.9 Å². The van der Waals surface area contributed by atoms with E-state index in [1.54, 1.807) is 24.8 Å². The molecule has 0 radical (unpaired) electrons. The summed E-state index contributed by atoms with van der Waals surface area (Å²) < 4.78 is 11.0. The van der Waals surface area contributed by atoms with Crippen molar-refractivity contribution in [1.29, 1.82) is 0 Å². The zero-order chi connectivity index (χ0) is 19.7. The minimum atomic E-state index is 0.00429. The Kier molecular flexibility index (Phi) is 5.65. The van der Waals surface area contributed by atoms with Crippen LogP contribution in [-0.4, -0.2) is 58.0 Å². The summed E-state index contributed by atoms with van der Waals surface area (Å²) in [5, 5.41) is 5.83. The number of amides is 1. The van der Waals surface area contributed by atoms with Gasteiger partial charge in [-0.3, -0.25) is 4.79 Å². The molecular weight excluding hydrogens is 396 g/mol. The Hall–Kier alpha value is -1.97. The molecule has 0 aliphatic carbocycles. The first-order valence-corrected chi connectivity index (χ1v) is 10.9. The Balaban J connectivity index is 1.39. The Bertz CT molecular complexity index is 987. The van der Waals surface area contributed by atoms with Crippen molar-refractivity contribution in [3.63, 3.8) is 0 Å². The number of carbonyl (C=O) groups excluding carboxylic acids is 1. The van der Waals surface area contributed by atoms with Gasteiger partial charge < -0.3 is 14.2 Å². The number of hydrogen-bond donors (Lipinski definition) is 0. The molecule has 7 nitrogen and oxygen atoms in total. The standard InChI is InChI=1S/C19H22N4O3S2/c1-11-4-14(26-22-11)6-13-7-23(8-16(13)25-3)17(24)9-27-18-15-5-12(2)28-19(15)21-10-20-18/h4-5,10,13,16H,6-9H2,1-3H3/t13-,16+/m1/s1. The molecule has 9 heteroatoms. The molecule has 4 heterocycles. The smallest absolute Gasteiger partial charge is 0.233 e. The van der Waals surface area contributed by atoms with E-state index in [-0.39, 0.29) is 17.9 Å². The summed E-state index contributed by atoms with van der Waals surface area (Å²) >= 11 is 3.11. The van der Waals surface area contributed by atoms with Crippen LogP contribution >= 0.6 is 23.1 Å². The van der Waals surface area contributed by atoms with Crippen molar-refractivity contribution >= 4 is 39.2 Å². The van der Waals surface area contributed by atoms with E-state index < -0.39 is 0 Å². The largest absolute Gasteiger partial charge is 0.379 e. The van der Waals surface area contributed by atoms with E-state index in [2.05, 4.69) is 28.1 Å². The highest BCUT2D eigenvalue weighted by Gasteiger charge is 2.36. The molecule has 3 aromatic rings. The minimum absolute atomic E-state index is 0.00429. The number of fused-ring (bicyclic) bond motifs is 1. The third-order valence-electron chi connectivity index (χ3n) is 4.93. The Labute approximate surface area is 171 Å². The predicted octanol–water partition coefficient (Wildman–Crippen LogP) is 3.10. The summed E-state index contributed by atoms with van der Waals surface area (Å²) in [7, 11) is 1.70. The molecule has 1 aliphatic rings. The van der Waals surface area contributed by atoms with Gasteiger partial charge in [0.25, 0.3) is 0 Å². The van der Waals surface area contributed by atoms with Crippen LogP contribution in [0, 0.1) is 19.8 Å². The maximum absolute atomic E-state index is 12.8. The molecular formula is C19H22N4O3S2. The SMILES string of the molecule is CO[C@H]1CN(C(=O)CSc2ncnc3sc(C)cc23)C[C@H]1Cc1cc(C)no1. The Morgan fingerprint density at radius 1 is 1.36 bits per heavy atom. The second-order valence-electron chi connectivity index (χ2n) is 7.02. The quantitative estimate of drug-likeness (QED) is 0.449. The van der Waals surface area contributed by atoms with E-state index in [1.807, 2.05) is 17.9 Å². The van der Waals surface area contributed by atoms with Crippen molar-refractivity contribution in [3.05, 3.63) is 34.8 Å². The summed E-state index contributed by atoms with van der Waals surface area (Å²) in [5.74, 6) is 1.49. The van der Waals surface area contributed by atoms with Crippen molar-refractivity contribution in [2.24, 2.45) is 5.92 Å². The molecule has 4 rings (SSSR count). The highest BCUT2D eigenvalue weighted by Crippen LogP contribution is 2.31. The number of aromatic nitrogens is 3. The number of hydrogen-bond acceptors (Lipinski definition) is 8. The number of ether oxygens (including phenoxy) is 1. The maximum Gasteiger partial charge on any atom is 0.233 e. The third-order valence-corrected chi connectivity index (χ3v) is 6.87. The molecule has 148 valence electrons. The lowest BCUT2D eigenvalue weighted by Gasteiger charge is -2.15. The van der Waals surface area contributed by atoms with Crippen molar-refractivity contribution in [2.45, 2.75) is 31.4 Å². The van der Waals surface area contributed by atoms with Crippen LogP contribution in [0.2, 0.25) is 0 Å². The Morgan fingerprint density at radius 3 is 2.96 bits per heavy atom. The monoisotopic (exact) mass is 418 g/mol. The van der Waals surface area contributed by atoms with Crippen molar-refractivity contribution in [1.82, 2.24) is 20.0 Å². The van der Waals surface area contributed by atoms with Crippen molar-refractivity contribution in [3.8, 4) is 0 Å². The highest BCUT2D eigenvalue weighted by molar-refractivity contribution is 8.00. The molecule has 1 fully saturated rings. The van der Waals surface area contributed by atoms with Crippen LogP contribution in [0.15, 0.2) is 28.0 Å². The molecule has 0 bridgehead atoms. The molecule has 28 heavy (non-hydrogen) atoms. The number of rotatable bonds is 6. The fourth-order valence-electron chi connectivity index (χ4n) is 3.57. The molecule has 3 aromatic heterocycles. The first-order chi connectivity index (χ1) is 13.5.